The number of aliphatic hydroxyl groups is 1. The van der Waals surface area contributed by atoms with Gasteiger partial charge in [0.25, 0.3) is 0 Å². The van der Waals surface area contributed by atoms with Gasteiger partial charge in [0.05, 0.1) is 11.4 Å². The summed E-state index contributed by atoms with van der Waals surface area (Å²) in [7, 11) is 0. The van der Waals surface area contributed by atoms with Gasteiger partial charge in [0, 0.05) is 18.8 Å². The van der Waals surface area contributed by atoms with Gasteiger partial charge in [0.15, 0.2) is 0 Å². The summed E-state index contributed by atoms with van der Waals surface area (Å²) in [5, 5.41) is 13.1. The largest absolute Gasteiger partial charge is 0.444 e. The molecule has 0 saturated carbocycles. The SMILES string of the molecule is CC(C)C[C@H](NC(=O)OC(C)(C)C)C(=O)N1CC(O)C(SCc2ccccc2)C1. The highest BCUT2D eigenvalue weighted by Crippen LogP contribution is 2.27. The number of β-amino-alcohol motifs (C(OH)–C–C–N with tert-alkyl or cyclic N) is 1. The van der Waals surface area contributed by atoms with Gasteiger partial charge in [0.1, 0.15) is 11.6 Å². The second-order valence-corrected chi connectivity index (χ2v) is 10.2. The maximum absolute atomic E-state index is 13.1. The van der Waals surface area contributed by atoms with Gasteiger partial charge in [-0.2, -0.15) is 0 Å². The third-order valence-corrected chi connectivity index (χ3v) is 5.94. The van der Waals surface area contributed by atoms with Crippen LogP contribution < -0.4 is 5.32 Å². The normalized spacial score (nSPS) is 20.6. The van der Waals surface area contributed by atoms with Crippen molar-refractivity contribution in [2.75, 3.05) is 13.1 Å². The zero-order valence-corrected chi connectivity index (χ0v) is 18.9. The summed E-state index contributed by atoms with van der Waals surface area (Å²) >= 11 is 1.66. The smallest absolute Gasteiger partial charge is 0.408 e. The molecule has 0 aliphatic carbocycles. The molecular formula is C22H34N2O4S. The Morgan fingerprint density at radius 1 is 1.24 bits per heavy atom. The number of likely N-dealkylation sites (tertiary alicyclic amines) is 1. The number of ether oxygens (including phenoxy) is 1. The van der Waals surface area contributed by atoms with Crippen molar-refractivity contribution in [3.8, 4) is 0 Å². The molecule has 1 saturated heterocycles. The Hall–Kier alpha value is -1.73. The van der Waals surface area contributed by atoms with Crippen molar-refractivity contribution in [1.82, 2.24) is 10.2 Å². The Kier molecular flexibility index (Phi) is 8.40. The quantitative estimate of drug-likeness (QED) is 0.704. The Bertz CT molecular complexity index is 675. The third-order valence-electron chi connectivity index (χ3n) is 4.55. The van der Waals surface area contributed by atoms with Crippen LogP contribution in [-0.4, -0.2) is 58.1 Å². The number of thioether (sulfide) groups is 1. The van der Waals surface area contributed by atoms with Gasteiger partial charge < -0.3 is 20.1 Å². The van der Waals surface area contributed by atoms with Gasteiger partial charge >= 0.3 is 6.09 Å². The van der Waals surface area contributed by atoms with E-state index in [1.807, 2.05) is 32.0 Å². The topological polar surface area (TPSA) is 78.9 Å². The predicted molar refractivity (Wildman–Crippen MR) is 117 cm³/mol. The first-order valence-corrected chi connectivity index (χ1v) is 11.2. The van der Waals surface area contributed by atoms with Crippen molar-refractivity contribution >= 4 is 23.8 Å². The minimum absolute atomic E-state index is 0.0413. The first kappa shape index (κ1) is 23.5. The standard InChI is InChI=1S/C22H34N2O4S/c1-15(2)11-17(23-21(27)28-22(3,4)5)20(26)24-12-18(25)19(13-24)29-14-16-9-7-6-8-10-16/h6-10,15,17-19,25H,11-14H2,1-5H3,(H,23,27)/t17-,18?,19?/m0/s1. The van der Waals surface area contributed by atoms with E-state index in [1.54, 1.807) is 37.4 Å². The van der Waals surface area contributed by atoms with Gasteiger partial charge in [-0.05, 0) is 38.7 Å². The van der Waals surface area contributed by atoms with E-state index in [1.165, 1.54) is 5.56 Å². The van der Waals surface area contributed by atoms with Crippen LogP contribution in [0.5, 0.6) is 0 Å². The number of benzene rings is 1. The average molecular weight is 423 g/mol. The maximum atomic E-state index is 13.1. The highest BCUT2D eigenvalue weighted by molar-refractivity contribution is 7.99. The van der Waals surface area contributed by atoms with Crippen LogP contribution in [0.2, 0.25) is 0 Å². The van der Waals surface area contributed by atoms with Crippen LogP contribution in [-0.2, 0) is 15.3 Å². The number of amides is 2. The summed E-state index contributed by atoms with van der Waals surface area (Å²) in [5.74, 6) is 0.858. The minimum Gasteiger partial charge on any atom is -0.444 e. The molecule has 29 heavy (non-hydrogen) atoms. The third kappa shape index (κ3) is 7.90. The fourth-order valence-electron chi connectivity index (χ4n) is 3.24. The monoisotopic (exact) mass is 422 g/mol. The number of hydrogen-bond donors (Lipinski definition) is 2. The summed E-state index contributed by atoms with van der Waals surface area (Å²) in [5.41, 5.74) is 0.567. The average Bonchev–Trinajstić information content (AvgIpc) is 2.98. The van der Waals surface area contributed by atoms with Crippen molar-refractivity contribution < 1.29 is 19.4 Å². The Morgan fingerprint density at radius 3 is 2.48 bits per heavy atom. The molecule has 1 fully saturated rings. The summed E-state index contributed by atoms with van der Waals surface area (Å²) in [4.78, 5) is 26.9. The van der Waals surface area contributed by atoms with Gasteiger partial charge in [0.2, 0.25) is 5.91 Å². The van der Waals surface area contributed by atoms with Crippen LogP contribution in [0.4, 0.5) is 4.79 Å². The zero-order valence-electron chi connectivity index (χ0n) is 18.1. The van der Waals surface area contributed by atoms with Crippen LogP contribution in [0.3, 0.4) is 0 Å². The van der Waals surface area contributed by atoms with Crippen LogP contribution in [0, 0.1) is 5.92 Å². The van der Waals surface area contributed by atoms with Crippen molar-refractivity contribution in [1.29, 1.82) is 0 Å². The molecule has 0 radical (unpaired) electrons. The van der Waals surface area contributed by atoms with E-state index in [0.29, 0.717) is 13.0 Å². The van der Waals surface area contributed by atoms with Crippen LogP contribution in [0.25, 0.3) is 0 Å². The molecule has 3 atom stereocenters. The van der Waals surface area contributed by atoms with Crippen molar-refractivity contribution in [3.63, 3.8) is 0 Å². The number of carbonyl (C=O) groups is 2. The molecule has 1 aromatic rings. The predicted octanol–water partition coefficient (Wildman–Crippen LogP) is 3.43. The van der Waals surface area contributed by atoms with E-state index < -0.39 is 23.8 Å². The number of alkyl carbamates (subject to hydrolysis) is 1. The maximum Gasteiger partial charge on any atom is 0.408 e. The molecule has 2 rings (SSSR count). The first-order chi connectivity index (χ1) is 13.5. The molecule has 1 heterocycles. The van der Waals surface area contributed by atoms with E-state index in [2.05, 4.69) is 17.4 Å². The van der Waals surface area contributed by atoms with E-state index in [4.69, 9.17) is 4.74 Å². The van der Waals surface area contributed by atoms with Crippen molar-refractivity contribution in [2.45, 2.75) is 69.8 Å². The molecule has 0 spiro atoms. The van der Waals surface area contributed by atoms with Crippen LogP contribution >= 0.6 is 11.8 Å². The number of carbonyl (C=O) groups excluding carboxylic acids is 2. The molecule has 2 N–H and O–H groups in total. The molecular weight excluding hydrogens is 388 g/mol. The Labute approximate surface area is 178 Å². The molecule has 2 amide bonds. The van der Waals surface area contributed by atoms with Gasteiger partial charge in [-0.3, -0.25) is 4.79 Å². The highest BCUT2D eigenvalue weighted by atomic mass is 32.2. The number of rotatable bonds is 7. The van der Waals surface area contributed by atoms with E-state index in [0.717, 1.165) is 5.75 Å². The fraction of sp³-hybridized carbons (Fsp3) is 0.636. The summed E-state index contributed by atoms with van der Waals surface area (Å²) in [6, 6.07) is 9.42. The first-order valence-electron chi connectivity index (χ1n) is 10.2. The summed E-state index contributed by atoms with van der Waals surface area (Å²) < 4.78 is 5.32. The lowest BCUT2D eigenvalue weighted by atomic mass is 10.0. The number of nitrogens with one attached hydrogen (secondary N) is 1. The Balaban J connectivity index is 1.96. The van der Waals surface area contributed by atoms with Gasteiger partial charge in [-0.1, -0.05) is 44.2 Å². The second-order valence-electron chi connectivity index (χ2n) is 8.97. The van der Waals surface area contributed by atoms with E-state index in [9.17, 15) is 14.7 Å². The molecule has 1 aromatic carbocycles. The number of aliphatic hydroxyl groups excluding tert-OH is 1. The number of hydrogen-bond acceptors (Lipinski definition) is 5. The van der Waals surface area contributed by atoms with Crippen LogP contribution in [0.15, 0.2) is 30.3 Å². The number of nitrogens with zero attached hydrogens (tertiary/aromatic N) is 1. The molecule has 2 unspecified atom stereocenters. The van der Waals surface area contributed by atoms with E-state index in [-0.39, 0.29) is 23.6 Å². The Morgan fingerprint density at radius 2 is 1.90 bits per heavy atom. The molecule has 6 nitrogen and oxygen atoms in total. The molecule has 162 valence electrons. The van der Waals surface area contributed by atoms with Crippen molar-refractivity contribution in [2.24, 2.45) is 5.92 Å². The fourth-order valence-corrected chi connectivity index (χ4v) is 4.43. The molecule has 0 bridgehead atoms. The summed E-state index contributed by atoms with van der Waals surface area (Å²) in [6.07, 6.45) is -0.646. The van der Waals surface area contributed by atoms with Crippen molar-refractivity contribution in [3.05, 3.63) is 35.9 Å². The van der Waals surface area contributed by atoms with Gasteiger partial charge in [-0.25, -0.2) is 4.79 Å². The highest BCUT2D eigenvalue weighted by Gasteiger charge is 2.37. The van der Waals surface area contributed by atoms with E-state index >= 15 is 0 Å². The summed E-state index contributed by atoms with van der Waals surface area (Å²) in [6.45, 7) is 10.1. The lowest BCUT2D eigenvalue weighted by Gasteiger charge is -2.27. The minimum atomic E-state index is -0.657. The second kappa shape index (κ2) is 10.3. The lowest BCUT2D eigenvalue weighted by Crippen LogP contribution is -2.50. The zero-order chi connectivity index (χ0) is 21.6. The van der Waals surface area contributed by atoms with Gasteiger partial charge in [-0.15, -0.1) is 11.8 Å². The van der Waals surface area contributed by atoms with Crippen LogP contribution in [0.1, 0.15) is 46.6 Å². The molecule has 0 aromatic heterocycles. The molecule has 1 aliphatic rings. The molecule has 1 aliphatic heterocycles. The molecule has 7 heteroatoms. The lowest BCUT2D eigenvalue weighted by molar-refractivity contribution is -0.133.